The number of imidazole rings is 1. The molecular formula is C21H28Cl3N3O2. The average Bonchev–Trinajstić information content (AvgIpc) is 3.25. The molecule has 0 atom stereocenters. The second-order valence-electron chi connectivity index (χ2n) is 6.91. The standard InChI is InChI=1S/C15H16Cl3N3O2.C6H12/c1-2-4-20(15(22)21-5-3-19-10-21)6-7-23-14-12(17)8-11(16)9-13(14)18;1-2-4-6-5-3-1/h3,5,8-10H,2,4,6-7H2,1H3;1-6H2. The first kappa shape index (κ1) is 23.8. The van der Waals surface area contributed by atoms with Crippen molar-refractivity contribution >= 4 is 40.8 Å². The van der Waals surface area contributed by atoms with Gasteiger partial charge in [0.15, 0.2) is 5.75 Å². The van der Waals surface area contributed by atoms with Crippen LogP contribution in [0.25, 0.3) is 0 Å². The molecule has 1 aliphatic rings. The summed E-state index contributed by atoms with van der Waals surface area (Å²) >= 11 is 18.0. The number of hydrogen-bond acceptors (Lipinski definition) is 3. The van der Waals surface area contributed by atoms with E-state index in [1.807, 2.05) is 6.92 Å². The Bertz CT molecular complexity index is 715. The first-order valence-corrected chi connectivity index (χ1v) is 11.2. The van der Waals surface area contributed by atoms with Crippen LogP contribution in [-0.2, 0) is 0 Å². The molecule has 0 spiro atoms. The third-order valence-corrected chi connectivity index (χ3v) is 5.34. The maximum Gasteiger partial charge on any atom is 0.329 e. The third-order valence-electron chi connectivity index (χ3n) is 4.56. The van der Waals surface area contributed by atoms with Crippen molar-refractivity contribution in [2.45, 2.75) is 51.9 Å². The fraction of sp³-hybridized carbons (Fsp3) is 0.524. The van der Waals surface area contributed by atoms with Crippen LogP contribution in [0, 0.1) is 0 Å². The van der Waals surface area contributed by atoms with Crippen molar-refractivity contribution in [2.75, 3.05) is 19.7 Å². The summed E-state index contributed by atoms with van der Waals surface area (Å²) in [5.41, 5.74) is 0. The molecule has 2 aromatic rings. The molecule has 1 amide bonds. The number of rotatable bonds is 6. The molecule has 1 aromatic carbocycles. The van der Waals surface area contributed by atoms with Crippen molar-refractivity contribution in [1.82, 2.24) is 14.5 Å². The van der Waals surface area contributed by atoms with Crippen LogP contribution in [0.5, 0.6) is 5.75 Å². The SMILES string of the molecule is C1CCCCC1.CCCN(CCOc1c(Cl)cc(Cl)cc1Cl)C(=O)n1ccnc1. The molecule has 0 radical (unpaired) electrons. The van der Waals surface area contributed by atoms with Crippen LogP contribution < -0.4 is 4.74 Å². The molecule has 5 nitrogen and oxygen atoms in total. The summed E-state index contributed by atoms with van der Waals surface area (Å²) in [6.07, 6.45) is 14.5. The fourth-order valence-electron chi connectivity index (χ4n) is 3.09. The third kappa shape index (κ3) is 8.07. The van der Waals surface area contributed by atoms with Crippen molar-refractivity contribution in [2.24, 2.45) is 0 Å². The zero-order valence-electron chi connectivity index (χ0n) is 16.7. The van der Waals surface area contributed by atoms with Crippen molar-refractivity contribution < 1.29 is 9.53 Å². The van der Waals surface area contributed by atoms with E-state index in [2.05, 4.69) is 4.98 Å². The summed E-state index contributed by atoms with van der Waals surface area (Å²) in [7, 11) is 0. The number of nitrogens with zero attached hydrogens (tertiary/aromatic N) is 3. The number of amides is 1. The Labute approximate surface area is 187 Å². The fourth-order valence-corrected chi connectivity index (χ4v) is 4.02. The Morgan fingerprint density at radius 3 is 2.14 bits per heavy atom. The Kier molecular flexibility index (Phi) is 10.7. The van der Waals surface area contributed by atoms with Gasteiger partial charge in [0.1, 0.15) is 12.9 Å². The van der Waals surface area contributed by atoms with E-state index in [1.54, 1.807) is 29.4 Å². The first-order chi connectivity index (χ1) is 14.0. The first-order valence-electron chi connectivity index (χ1n) is 10.1. The van der Waals surface area contributed by atoms with Gasteiger partial charge < -0.3 is 9.64 Å². The van der Waals surface area contributed by atoms with Gasteiger partial charge in [0, 0.05) is 24.0 Å². The van der Waals surface area contributed by atoms with Crippen LogP contribution in [0.3, 0.4) is 0 Å². The minimum atomic E-state index is -0.152. The highest BCUT2D eigenvalue weighted by molar-refractivity contribution is 6.40. The zero-order valence-corrected chi connectivity index (χ0v) is 19.0. The number of benzene rings is 1. The lowest BCUT2D eigenvalue weighted by Crippen LogP contribution is -2.37. The van der Waals surface area contributed by atoms with Gasteiger partial charge in [-0.15, -0.1) is 0 Å². The van der Waals surface area contributed by atoms with Gasteiger partial charge in [-0.2, -0.15) is 0 Å². The number of aromatic nitrogens is 2. The lowest BCUT2D eigenvalue weighted by atomic mass is 10.0. The summed E-state index contributed by atoms with van der Waals surface area (Å²) in [5, 5.41) is 1.12. The number of carbonyl (C=O) groups is 1. The molecule has 29 heavy (non-hydrogen) atoms. The summed E-state index contributed by atoms with van der Waals surface area (Å²) < 4.78 is 7.05. The molecule has 1 saturated carbocycles. The van der Waals surface area contributed by atoms with E-state index in [4.69, 9.17) is 39.5 Å². The van der Waals surface area contributed by atoms with E-state index in [1.165, 1.54) is 49.4 Å². The van der Waals surface area contributed by atoms with Crippen molar-refractivity contribution in [3.63, 3.8) is 0 Å². The predicted molar refractivity (Wildman–Crippen MR) is 120 cm³/mol. The van der Waals surface area contributed by atoms with Crippen LogP contribution in [-0.4, -0.2) is 40.2 Å². The lowest BCUT2D eigenvalue weighted by Gasteiger charge is -2.22. The van der Waals surface area contributed by atoms with Gasteiger partial charge >= 0.3 is 6.03 Å². The average molecular weight is 461 g/mol. The van der Waals surface area contributed by atoms with Crippen LogP contribution in [0.4, 0.5) is 4.79 Å². The predicted octanol–water partition coefficient (Wildman–Crippen LogP) is 6.94. The highest BCUT2D eigenvalue weighted by Crippen LogP contribution is 2.35. The Morgan fingerprint density at radius 2 is 1.66 bits per heavy atom. The van der Waals surface area contributed by atoms with E-state index in [0.717, 1.165) is 6.42 Å². The van der Waals surface area contributed by atoms with Crippen LogP contribution in [0.2, 0.25) is 15.1 Å². The van der Waals surface area contributed by atoms with Crippen molar-refractivity contribution in [3.05, 3.63) is 45.9 Å². The quantitative estimate of drug-likeness (QED) is 0.469. The number of halogens is 3. The molecule has 8 heteroatoms. The van der Waals surface area contributed by atoms with E-state index in [0.29, 0.717) is 33.9 Å². The minimum absolute atomic E-state index is 0.152. The second-order valence-corrected chi connectivity index (χ2v) is 8.16. The highest BCUT2D eigenvalue weighted by Gasteiger charge is 2.15. The number of hydrogen-bond donors (Lipinski definition) is 0. The summed E-state index contributed by atoms with van der Waals surface area (Å²) in [4.78, 5) is 17.9. The lowest BCUT2D eigenvalue weighted by molar-refractivity contribution is 0.184. The van der Waals surface area contributed by atoms with Crippen LogP contribution >= 0.6 is 34.8 Å². The molecule has 1 heterocycles. The van der Waals surface area contributed by atoms with Crippen molar-refractivity contribution in [1.29, 1.82) is 0 Å². The Hall–Kier alpha value is -1.43. The summed E-state index contributed by atoms with van der Waals surface area (Å²) in [6.45, 7) is 3.28. The number of ether oxygens (including phenoxy) is 1. The van der Waals surface area contributed by atoms with Gasteiger partial charge in [0.2, 0.25) is 0 Å². The van der Waals surface area contributed by atoms with Gasteiger partial charge in [-0.05, 0) is 18.6 Å². The van der Waals surface area contributed by atoms with Crippen molar-refractivity contribution in [3.8, 4) is 5.75 Å². The van der Waals surface area contributed by atoms with Gasteiger partial charge in [0.25, 0.3) is 0 Å². The highest BCUT2D eigenvalue weighted by atomic mass is 35.5. The molecule has 1 aromatic heterocycles. The van der Waals surface area contributed by atoms with Gasteiger partial charge in [-0.25, -0.2) is 9.78 Å². The van der Waals surface area contributed by atoms with E-state index >= 15 is 0 Å². The molecule has 160 valence electrons. The molecule has 3 rings (SSSR count). The number of carbonyl (C=O) groups excluding carboxylic acids is 1. The maximum absolute atomic E-state index is 12.3. The largest absolute Gasteiger partial charge is 0.489 e. The van der Waals surface area contributed by atoms with Gasteiger partial charge in [-0.3, -0.25) is 4.57 Å². The Balaban J connectivity index is 0.000000426. The van der Waals surface area contributed by atoms with E-state index in [9.17, 15) is 4.79 Å². The minimum Gasteiger partial charge on any atom is -0.489 e. The smallest absolute Gasteiger partial charge is 0.329 e. The van der Waals surface area contributed by atoms with Gasteiger partial charge in [0.05, 0.1) is 16.6 Å². The molecular weight excluding hydrogens is 433 g/mol. The van der Waals surface area contributed by atoms with E-state index in [-0.39, 0.29) is 12.6 Å². The monoisotopic (exact) mass is 459 g/mol. The molecule has 0 unspecified atom stereocenters. The zero-order chi connectivity index (χ0) is 21.1. The maximum atomic E-state index is 12.3. The normalized spacial score (nSPS) is 13.4. The molecule has 1 aliphatic carbocycles. The molecule has 0 N–H and O–H groups in total. The summed E-state index contributed by atoms with van der Waals surface area (Å²) in [5.74, 6) is 0.365. The summed E-state index contributed by atoms with van der Waals surface area (Å²) in [6, 6.07) is 2.97. The van der Waals surface area contributed by atoms with E-state index < -0.39 is 0 Å². The van der Waals surface area contributed by atoms with Crippen LogP contribution in [0.1, 0.15) is 51.9 Å². The second kappa shape index (κ2) is 13.0. The van der Waals surface area contributed by atoms with Crippen LogP contribution in [0.15, 0.2) is 30.9 Å². The molecule has 0 bridgehead atoms. The molecule has 1 fully saturated rings. The topological polar surface area (TPSA) is 47.4 Å². The Morgan fingerprint density at radius 1 is 1.07 bits per heavy atom. The van der Waals surface area contributed by atoms with Gasteiger partial charge in [-0.1, -0.05) is 80.3 Å². The molecule has 0 aliphatic heterocycles. The molecule has 0 saturated heterocycles.